The topological polar surface area (TPSA) is 35.5 Å². The summed E-state index contributed by atoms with van der Waals surface area (Å²) in [5, 5.41) is 0. The van der Waals surface area contributed by atoms with E-state index in [-0.39, 0.29) is 11.7 Å². The minimum atomic E-state index is -1.63. The fourth-order valence-electron chi connectivity index (χ4n) is 6.32. The minimum Gasteiger partial charge on any atom is -0.411 e. The van der Waals surface area contributed by atoms with E-state index in [1.165, 1.54) is 18.1 Å². The number of carbonyl (C=O) groups is 1. The van der Waals surface area contributed by atoms with Gasteiger partial charge in [-0.2, -0.15) is 0 Å². The maximum atomic E-state index is 12.4. The molecule has 0 amide bonds. The highest BCUT2D eigenvalue weighted by Gasteiger charge is 2.47. The summed E-state index contributed by atoms with van der Waals surface area (Å²) in [6, 6.07) is 3.61. The van der Waals surface area contributed by atoms with Crippen molar-refractivity contribution >= 4 is 14.1 Å². The summed E-state index contributed by atoms with van der Waals surface area (Å²) >= 11 is 0. The van der Waals surface area contributed by atoms with Crippen molar-refractivity contribution in [2.75, 3.05) is 6.61 Å². The quantitative estimate of drug-likeness (QED) is 0.316. The van der Waals surface area contributed by atoms with Gasteiger partial charge in [0.15, 0.2) is 8.32 Å². The van der Waals surface area contributed by atoms with Crippen molar-refractivity contribution in [3.8, 4) is 0 Å². The zero-order chi connectivity index (χ0) is 21.7. The zero-order valence-electron chi connectivity index (χ0n) is 20.4. The first-order valence-corrected chi connectivity index (χ1v) is 15.2. The molecular formula is C25H48O3Si. The number of ketones is 1. The minimum absolute atomic E-state index is 0.0275. The van der Waals surface area contributed by atoms with Crippen molar-refractivity contribution in [3.05, 3.63) is 0 Å². The van der Waals surface area contributed by atoms with Gasteiger partial charge in [0.1, 0.15) is 5.78 Å². The lowest BCUT2D eigenvalue weighted by atomic mass is 9.70. The van der Waals surface area contributed by atoms with Gasteiger partial charge < -0.3 is 9.16 Å². The molecule has 0 bridgehead atoms. The Labute approximate surface area is 181 Å². The molecule has 0 N–H and O–H groups in total. The Morgan fingerprint density at radius 2 is 1.66 bits per heavy atom. The van der Waals surface area contributed by atoms with Gasteiger partial charge in [-0.3, -0.25) is 4.79 Å². The van der Waals surface area contributed by atoms with Gasteiger partial charge in [0.25, 0.3) is 0 Å². The molecule has 3 nitrogen and oxygen atoms in total. The van der Waals surface area contributed by atoms with Gasteiger partial charge >= 0.3 is 0 Å². The molecule has 2 fully saturated rings. The Hall–Kier alpha value is -0.193. The van der Waals surface area contributed by atoms with E-state index in [4.69, 9.17) is 9.16 Å². The Kier molecular flexibility index (Phi) is 9.43. The molecule has 0 saturated heterocycles. The first-order valence-electron chi connectivity index (χ1n) is 12.6. The number of hydrogen-bond acceptors (Lipinski definition) is 3. The highest BCUT2D eigenvalue weighted by Crippen LogP contribution is 2.49. The third-order valence-corrected chi connectivity index (χ3v) is 13.6. The third kappa shape index (κ3) is 5.54. The normalized spacial score (nSPS) is 29.1. The molecule has 0 aromatic rings. The molecule has 0 aromatic carbocycles. The lowest BCUT2D eigenvalue weighted by molar-refractivity contribution is -0.128. The maximum absolute atomic E-state index is 12.4. The van der Waals surface area contributed by atoms with Crippen molar-refractivity contribution < 1.29 is 14.0 Å². The maximum Gasteiger partial charge on any atom is 0.192 e. The second-order valence-corrected chi connectivity index (χ2v) is 14.7. The fourth-order valence-corrected chi connectivity index (χ4v) is 9.57. The summed E-state index contributed by atoms with van der Waals surface area (Å²) in [4.78, 5) is 12.4. The van der Waals surface area contributed by atoms with Gasteiger partial charge in [0, 0.05) is 18.9 Å². The zero-order valence-corrected chi connectivity index (χ0v) is 21.4. The van der Waals surface area contributed by atoms with Gasteiger partial charge in [-0.15, -0.1) is 0 Å². The van der Waals surface area contributed by atoms with E-state index < -0.39 is 8.32 Å². The van der Waals surface area contributed by atoms with E-state index in [2.05, 4.69) is 48.5 Å². The fraction of sp³-hybridized carbons (Fsp3) is 0.960. The average Bonchev–Trinajstić information content (AvgIpc) is 3.20. The van der Waals surface area contributed by atoms with E-state index in [0.717, 1.165) is 51.6 Å². The van der Waals surface area contributed by atoms with Gasteiger partial charge in [0.2, 0.25) is 0 Å². The molecule has 2 rings (SSSR count). The van der Waals surface area contributed by atoms with Crippen molar-refractivity contribution in [1.29, 1.82) is 0 Å². The molecule has 0 radical (unpaired) electrons. The lowest BCUT2D eigenvalue weighted by Gasteiger charge is -2.42. The number of carbonyl (C=O) groups excluding carboxylic acids is 1. The molecule has 29 heavy (non-hydrogen) atoms. The van der Waals surface area contributed by atoms with Crippen LogP contribution in [0.3, 0.4) is 0 Å². The number of rotatable bonds is 12. The summed E-state index contributed by atoms with van der Waals surface area (Å²) in [5.74, 6) is 2.59. The summed E-state index contributed by atoms with van der Waals surface area (Å²) in [5.41, 5.74) is -0.0275. The van der Waals surface area contributed by atoms with Crippen LogP contribution in [-0.2, 0) is 14.0 Å². The van der Waals surface area contributed by atoms with Gasteiger partial charge in [-0.05, 0) is 81.3 Å². The Balaban J connectivity index is 1.96. The van der Waals surface area contributed by atoms with Crippen LogP contribution in [0.4, 0.5) is 0 Å². The van der Waals surface area contributed by atoms with E-state index >= 15 is 0 Å². The van der Waals surface area contributed by atoms with Crippen LogP contribution >= 0.6 is 0 Å². The molecule has 2 saturated carbocycles. The molecule has 5 atom stereocenters. The van der Waals surface area contributed by atoms with Crippen molar-refractivity contribution in [2.45, 2.75) is 123 Å². The molecule has 0 aromatic heterocycles. The molecule has 2 aliphatic carbocycles. The third-order valence-electron chi connectivity index (χ3n) is 8.88. The molecule has 0 heterocycles. The second kappa shape index (κ2) is 10.9. The van der Waals surface area contributed by atoms with Gasteiger partial charge in [0.05, 0.1) is 11.7 Å². The number of Topliss-reactive ketones (excluding diaryl/α,β-unsaturated/α-hetero) is 1. The monoisotopic (exact) mass is 424 g/mol. The average molecular weight is 425 g/mol. The highest BCUT2D eigenvalue weighted by molar-refractivity contribution is 6.73. The molecule has 5 unspecified atom stereocenters. The van der Waals surface area contributed by atoms with Crippen LogP contribution in [0.15, 0.2) is 0 Å². The largest absolute Gasteiger partial charge is 0.411 e. The Bertz CT molecular complexity index is 504. The molecule has 2 aliphatic rings. The highest BCUT2D eigenvalue weighted by atomic mass is 28.4. The van der Waals surface area contributed by atoms with Gasteiger partial charge in [-0.25, -0.2) is 0 Å². The Morgan fingerprint density at radius 3 is 2.21 bits per heavy atom. The molecule has 4 heteroatoms. The van der Waals surface area contributed by atoms with Crippen LogP contribution < -0.4 is 0 Å². The van der Waals surface area contributed by atoms with Crippen LogP contribution in [0.2, 0.25) is 18.1 Å². The van der Waals surface area contributed by atoms with Crippen LogP contribution in [0.5, 0.6) is 0 Å². The van der Waals surface area contributed by atoms with E-state index in [1.807, 2.05) is 0 Å². The van der Waals surface area contributed by atoms with Crippen molar-refractivity contribution in [1.82, 2.24) is 0 Å². The van der Waals surface area contributed by atoms with Crippen molar-refractivity contribution in [3.63, 3.8) is 0 Å². The van der Waals surface area contributed by atoms with Crippen molar-refractivity contribution in [2.24, 2.45) is 23.7 Å². The van der Waals surface area contributed by atoms with E-state index in [0.29, 0.717) is 29.5 Å². The smallest absolute Gasteiger partial charge is 0.192 e. The summed E-state index contributed by atoms with van der Waals surface area (Å²) < 4.78 is 13.5. The standard InChI is InChI=1S/C25H48O3Si/c1-8-25(9-2,28-29(10-3,11-4)12-5)17-18-27-20(7)21-14-15-22-23(26)16-13-19(6)24(21)22/h19-22,24H,8-18H2,1-7H3. The molecule has 0 spiro atoms. The molecule has 170 valence electrons. The Morgan fingerprint density at radius 1 is 1.03 bits per heavy atom. The first kappa shape index (κ1) is 25.1. The first-order chi connectivity index (χ1) is 13.8. The van der Waals surface area contributed by atoms with E-state index in [1.54, 1.807) is 0 Å². The summed E-state index contributed by atoms with van der Waals surface area (Å²) in [7, 11) is -1.63. The summed E-state index contributed by atoms with van der Waals surface area (Å²) in [6.45, 7) is 16.9. The number of ether oxygens (including phenoxy) is 1. The molecular weight excluding hydrogens is 376 g/mol. The van der Waals surface area contributed by atoms with Crippen LogP contribution in [0.25, 0.3) is 0 Å². The second-order valence-electron chi connectivity index (χ2n) is 9.97. The number of hydrogen-bond donors (Lipinski definition) is 0. The van der Waals surface area contributed by atoms with Crippen LogP contribution in [0, 0.1) is 23.7 Å². The van der Waals surface area contributed by atoms with E-state index in [9.17, 15) is 4.79 Å². The molecule has 0 aliphatic heterocycles. The number of fused-ring (bicyclic) bond motifs is 1. The van der Waals surface area contributed by atoms with Crippen LogP contribution in [-0.4, -0.2) is 32.4 Å². The SMILES string of the molecule is CCC(CC)(CCOC(C)C1CCC2C(=O)CCC(C)C21)O[Si](CC)(CC)CC. The summed E-state index contributed by atoms with van der Waals surface area (Å²) in [6.07, 6.45) is 7.49. The lowest BCUT2D eigenvalue weighted by Crippen LogP contribution is -2.47. The predicted molar refractivity (Wildman–Crippen MR) is 125 cm³/mol. The van der Waals surface area contributed by atoms with Gasteiger partial charge in [-0.1, -0.05) is 41.5 Å². The predicted octanol–water partition coefficient (Wildman–Crippen LogP) is 7.00. The van der Waals surface area contributed by atoms with Crippen LogP contribution in [0.1, 0.15) is 93.4 Å².